The Morgan fingerprint density at radius 2 is 2.10 bits per heavy atom. The summed E-state index contributed by atoms with van der Waals surface area (Å²) in [6.45, 7) is 1.47. The van der Waals surface area contributed by atoms with Crippen molar-refractivity contribution in [1.29, 1.82) is 0 Å². The maximum atomic E-state index is 12.4. The number of fused-ring (bicyclic) bond motifs is 1. The van der Waals surface area contributed by atoms with Crippen LogP contribution in [0.5, 0.6) is 0 Å². The fourth-order valence-corrected chi connectivity index (χ4v) is 2.71. The third kappa shape index (κ3) is 1.98. The standard InChI is InChI=1S/C15H18N3O2/c1-18(15(16)20)13-5-3-2-4-12(13)17(9-8-14(18)19)10-11-6-7-11/h2-5,8,11H,6-7,9-10H2,1H3,(H-,16,20)/p+1. The molecule has 105 valence electrons. The van der Waals surface area contributed by atoms with E-state index >= 15 is 0 Å². The van der Waals surface area contributed by atoms with E-state index in [1.54, 1.807) is 13.5 Å². The number of anilines is 1. The summed E-state index contributed by atoms with van der Waals surface area (Å²) in [6, 6.07) is 6.90. The van der Waals surface area contributed by atoms with Crippen LogP contribution in [-0.4, -0.2) is 32.1 Å². The van der Waals surface area contributed by atoms with E-state index < -0.39 is 10.5 Å². The number of rotatable bonds is 2. The smallest absolute Gasteiger partial charge is 0.365 e. The number of imide groups is 1. The molecule has 5 heteroatoms. The Bertz CT molecular complexity index is 568. The van der Waals surface area contributed by atoms with Gasteiger partial charge in [0, 0.05) is 19.2 Å². The van der Waals surface area contributed by atoms with Crippen molar-refractivity contribution in [2.45, 2.75) is 12.8 Å². The van der Waals surface area contributed by atoms with Crippen LogP contribution in [0.15, 0.2) is 24.3 Å². The average molecular weight is 273 g/mol. The zero-order valence-corrected chi connectivity index (χ0v) is 11.6. The Morgan fingerprint density at radius 3 is 2.75 bits per heavy atom. The molecule has 20 heavy (non-hydrogen) atoms. The molecule has 0 bridgehead atoms. The Labute approximate surface area is 118 Å². The van der Waals surface area contributed by atoms with Crippen LogP contribution in [0.3, 0.4) is 0 Å². The molecule has 1 saturated carbocycles. The molecule has 1 unspecified atom stereocenters. The maximum absolute atomic E-state index is 12.4. The van der Waals surface area contributed by atoms with E-state index in [9.17, 15) is 9.59 Å². The molecule has 2 aliphatic rings. The van der Waals surface area contributed by atoms with Gasteiger partial charge in [0.05, 0.1) is 12.7 Å². The molecule has 0 spiro atoms. The normalized spacial score (nSPS) is 26.1. The minimum atomic E-state index is -0.646. The molecular weight excluding hydrogens is 254 g/mol. The molecule has 5 nitrogen and oxygen atoms in total. The summed E-state index contributed by atoms with van der Waals surface area (Å²) in [4.78, 5) is 26.4. The monoisotopic (exact) mass is 273 g/mol. The van der Waals surface area contributed by atoms with E-state index in [1.165, 1.54) is 12.8 Å². The number of hydrogen-bond acceptors (Lipinski definition) is 3. The lowest BCUT2D eigenvalue weighted by atomic mass is 10.2. The second kappa shape index (κ2) is 4.59. The van der Waals surface area contributed by atoms with Gasteiger partial charge in [0.25, 0.3) is 0 Å². The summed E-state index contributed by atoms with van der Waals surface area (Å²) in [5, 5.41) is 0. The van der Waals surface area contributed by atoms with Crippen LogP contribution in [0.2, 0.25) is 0 Å². The maximum Gasteiger partial charge on any atom is 0.426 e. The van der Waals surface area contributed by atoms with Gasteiger partial charge in [0.1, 0.15) is 6.42 Å². The summed E-state index contributed by atoms with van der Waals surface area (Å²) in [5.41, 5.74) is 7.11. The highest BCUT2D eigenvalue weighted by Crippen LogP contribution is 2.39. The van der Waals surface area contributed by atoms with E-state index in [0.717, 1.165) is 12.2 Å². The van der Waals surface area contributed by atoms with Crippen LogP contribution < -0.4 is 15.1 Å². The Kier molecular flexibility index (Phi) is 3.01. The molecule has 3 amide bonds. The molecule has 1 aliphatic carbocycles. The molecule has 1 aromatic carbocycles. The van der Waals surface area contributed by atoms with Crippen LogP contribution in [0.25, 0.3) is 0 Å². The van der Waals surface area contributed by atoms with Crippen molar-refractivity contribution in [3.05, 3.63) is 30.7 Å². The Morgan fingerprint density at radius 1 is 1.40 bits per heavy atom. The molecular formula is C15H19N3O2+. The lowest BCUT2D eigenvalue weighted by molar-refractivity contribution is -0.123. The van der Waals surface area contributed by atoms with Crippen molar-refractivity contribution in [3.63, 3.8) is 0 Å². The van der Waals surface area contributed by atoms with Crippen LogP contribution in [0, 0.1) is 12.3 Å². The first kappa shape index (κ1) is 13.1. The number of carbonyl (C=O) groups is 2. The van der Waals surface area contributed by atoms with Crippen LogP contribution in [0.4, 0.5) is 16.2 Å². The van der Waals surface area contributed by atoms with Gasteiger partial charge in [-0.2, -0.15) is 0 Å². The van der Waals surface area contributed by atoms with Crippen molar-refractivity contribution in [2.75, 3.05) is 25.0 Å². The first-order valence-corrected chi connectivity index (χ1v) is 6.92. The highest BCUT2D eigenvalue weighted by Gasteiger charge is 2.46. The Balaban J connectivity index is 2.09. The highest BCUT2D eigenvalue weighted by atomic mass is 16.2. The molecule has 0 saturated heterocycles. The summed E-state index contributed by atoms with van der Waals surface area (Å²) < 4.78 is -0.489. The molecule has 1 fully saturated rings. The second-order valence-corrected chi connectivity index (χ2v) is 5.72. The van der Waals surface area contributed by atoms with Crippen LogP contribution in [-0.2, 0) is 4.79 Å². The summed E-state index contributed by atoms with van der Waals surface area (Å²) in [6.07, 6.45) is 4.07. The predicted octanol–water partition coefficient (Wildman–Crippen LogP) is 1.66. The quantitative estimate of drug-likeness (QED) is 0.834. The number of para-hydroxylation sites is 2. The number of nitrogens with two attached hydrogens (primary N) is 1. The van der Waals surface area contributed by atoms with Gasteiger partial charge in [-0.25, -0.2) is 9.59 Å². The minimum absolute atomic E-state index is 0.261. The zero-order valence-electron chi connectivity index (χ0n) is 11.6. The molecule has 3 rings (SSSR count). The second-order valence-electron chi connectivity index (χ2n) is 5.72. The zero-order chi connectivity index (χ0) is 14.3. The van der Waals surface area contributed by atoms with Gasteiger partial charge in [-0.15, -0.1) is 4.48 Å². The van der Waals surface area contributed by atoms with Gasteiger partial charge in [0.15, 0.2) is 5.69 Å². The lowest BCUT2D eigenvalue weighted by Gasteiger charge is -2.27. The summed E-state index contributed by atoms with van der Waals surface area (Å²) >= 11 is 0. The number of amides is 3. The van der Waals surface area contributed by atoms with Crippen molar-refractivity contribution >= 4 is 23.3 Å². The topological polar surface area (TPSA) is 63.4 Å². The van der Waals surface area contributed by atoms with Crippen LogP contribution in [0.1, 0.15) is 12.8 Å². The average Bonchev–Trinajstić information content (AvgIpc) is 3.25. The van der Waals surface area contributed by atoms with E-state index in [4.69, 9.17) is 5.73 Å². The molecule has 2 N–H and O–H groups in total. The number of nitrogens with zero attached hydrogens (tertiary/aromatic N) is 2. The van der Waals surface area contributed by atoms with Crippen molar-refractivity contribution in [1.82, 2.24) is 4.48 Å². The largest absolute Gasteiger partial charge is 0.426 e. The molecule has 1 atom stereocenters. The van der Waals surface area contributed by atoms with Gasteiger partial charge in [-0.3, -0.25) is 0 Å². The van der Waals surface area contributed by atoms with Crippen molar-refractivity contribution < 1.29 is 9.59 Å². The van der Waals surface area contributed by atoms with Gasteiger partial charge < -0.3 is 10.6 Å². The van der Waals surface area contributed by atoms with E-state index in [-0.39, 0.29) is 5.91 Å². The first-order chi connectivity index (χ1) is 9.53. The third-order valence-electron chi connectivity index (χ3n) is 4.25. The van der Waals surface area contributed by atoms with E-state index in [2.05, 4.69) is 4.90 Å². The highest BCUT2D eigenvalue weighted by molar-refractivity contribution is 6.13. The number of hydrogen-bond donors (Lipinski definition) is 1. The van der Waals surface area contributed by atoms with Gasteiger partial charge in [0.2, 0.25) is 0 Å². The lowest BCUT2D eigenvalue weighted by Crippen LogP contribution is -2.58. The number of urea groups is 1. The number of quaternary nitrogens is 1. The summed E-state index contributed by atoms with van der Waals surface area (Å²) in [5.74, 6) is 0.445. The molecule has 1 heterocycles. The fraction of sp³-hybridized carbons (Fsp3) is 0.400. The molecule has 1 aliphatic heterocycles. The van der Waals surface area contributed by atoms with E-state index in [1.807, 2.05) is 24.3 Å². The predicted molar refractivity (Wildman–Crippen MR) is 78.0 cm³/mol. The fourth-order valence-electron chi connectivity index (χ4n) is 2.71. The van der Waals surface area contributed by atoms with Crippen molar-refractivity contribution in [2.24, 2.45) is 11.7 Å². The van der Waals surface area contributed by atoms with Crippen LogP contribution >= 0.6 is 0 Å². The van der Waals surface area contributed by atoms with Gasteiger partial charge in [-0.1, -0.05) is 12.1 Å². The minimum Gasteiger partial charge on any atom is -0.365 e. The van der Waals surface area contributed by atoms with Gasteiger partial charge in [-0.05, 0) is 24.8 Å². The summed E-state index contributed by atoms with van der Waals surface area (Å²) in [7, 11) is 1.57. The van der Waals surface area contributed by atoms with Crippen molar-refractivity contribution in [3.8, 4) is 0 Å². The molecule has 1 aromatic rings. The molecule has 0 aromatic heterocycles. The first-order valence-electron chi connectivity index (χ1n) is 6.92. The van der Waals surface area contributed by atoms with Gasteiger partial charge >= 0.3 is 11.9 Å². The van der Waals surface area contributed by atoms with E-state index in [0.29, 0.717) is 18.2 Å². The Hall–Kier alpha value is -1.88. The third-order valence-corrected chi connectivity index (χ3v) is 4.25. The number of primary amides is 1. The SMILES string of the molecule is C[N+]1(C(N)=O)C(=O)[CH]CN(CC2CC2)c2ccccc21. The number of carbonyl (C=O) groups excluding carboxylic acids is 2. The molecule has 1 radical (unpaired) electrons. The number of benzene rings is 1.